The van der Waals surface area contributed by atoms with E-state index in [9.17, 15) is 12.8 Å². The van der Waals surface area contributed by atoms with Gasteiger partial charge in [-0.25, -0.2) is 17.8 Å². The van der Waals surface area contributed by atoms with Gasteiger partial charge in [0.2, 0.25) is 16.0 Å². The third-order valence-corrected chi connectivity index (χ3v) is 6.55. The molecule has 1 aliphatic heterocycles. The summed E-state index contributed by atoms with van der Waals surface area (Å²) >= 11 is 0. The number of sulfonamides is 1. The summed E-state index contributed by atoms with van der Waals surface area (Å²) in [5, 5.41) is 3.11. The molecule has 0 spiro atoms. The number of aryl methyl sites for hydroxylation is 2. The SMILES string of the molecule is CCNc1nc(C)cc(N2CCN(S(=O)(=O)c3ccc(F)cc3C)CC2)n1. The van der Waals surface area contributed by atoms with Gasteiger partial charge in [-0.1, -0.05) is 0 Å². The third kappa shape index (κ3) is 4.19. The molecule has 1 saturated heterocycles. The van der Waals surface area contributed by atoms with Gasteiger partial charge in [-0.2, -0.15) is 9.29 Å². The Morgan fingerprint density at radius 2 is 1.81 bits per heavy atom. The van der Waals surface area contributed by atoms with Gasteiger partial charge in [-0.15, -0.1) is 0 Å². The fraction of sp³-hybridized carbons (Fsp3) is 0.444. The first-order valence-corrected chi connectivity index (χ1v) is 10.4. The highest BCUT2D eigenvalue weighted by Crippen LogP contribution is 2.23. The number of piperazine rings is 1. The quantitative estimate of drug-likeness (QED) is 0.839. The molecule has 146 valence electrons. The minimum Gasteiger partial charge on any atom is -0.354 e. The van der Waals surface area contributed by atoms with E-state index in [4.69, 9.17) is 0 Å². The lowest BCUT2D eigenvalue weighted by Crippen LogP contribution is -2.49. The summed E-state index contributed by atoms with van der Waals surface area (Å²) in [6, 6.07) is 5.66. The van der Waals surface area contributed by atoms with Gasteiger partial charge in [-0.05, 0) is 44.5 Å². The van der Waals surface area contributed by atoms with Crippen LogP contribution in [0.25, 0.3) is 0 Å². The van der Waals surface area contributed by atoms with Gasteiger partial charge in [0.1, 0.15) is 11.6 Å². The Hall–Kier alpha value is -2.26. The molecular weight excluding hydrogens is 369 g/mol. The highest BCUT2D eigenvalue weighted by molar-refractivity contribution is 7.89. The van der Waals surface area contributed by atoms with E-state index in [2.05, 4.69) is 20.2 Å². The van der Waals surface area contributed by atoms with Crippen LogP contribution in [0.3, 0.4) is 0 Å². The molecule has 1 fully saturated rings. The van der Waals surface area contributed by atoms with E-state index in [1.54, 1.807) is 6.92 Å². The second-order valence-corrected chi connectivity index (χ2v) is 8.43. The molecular formula is C18H24FN5O2S. The molecule has 1 aromatic carbocycles. The smallest absolute Gasteiger partial charge is 0.243 e. The summed E-state index contributed by atoms with van der Waals surface area (Å²) in [6.07, 6.45) is 0. The average Bonchev–Trinajstić information content (AvgIpc) is 2.61. The zero-order chi connectivity index (χ0) is 19.6. The zero-order valence-electron chi connectivity index (χ0n) is 15.7. The van der Waals surface area contributed by atoms with Crippen LogP contribution in [-0.4, -0.2) is 55.4 Å². The fourth-order valence-corrected chi connectivity index (χ4v) is 4.78. The maximum Gasteiger partial charge on any atom is 0.243 e. The van der Waals surface area contributed by atoms with Crippen LogP contribution < -0.4 is 10.2 Å². The molecule has 0 amide bonds. The molecule has 9 heteroatoms. The van der Waals surface area contributed by atoms with Gasteiger partial charge < -0.3 is 10.2 Å². The lowest BCUT2D eigenvalue weighted by atomic mass is 10.2. The van der Waals surface area contributed by atoms with E-state index >= 15 is 0 Å². The Balaban J connectivity index is 1.75. The maximum atomic E-state index is 13.3. The molecule has 3 rings (SSSR count). The number of nitrogens with one attached hydrogen (secondary N) is 1. The molecule has 2 heterocycles. The second kappa shape index (κ2) is 7.77. The van der Waals surface area contributed by atoms with Gasteiger partial charge in [0.05, 0.1) is 4.90 Å². The number of nitrogens with zero attached hydrogens (tertiary/aromatic N) is 4. The third-order valence-electron chi connectivity index (χ3n) is 4.49. The molecule has 0 unspecified atom stereocenters. The largest absolute Gasteiger partial charge is 0.354 e. The Morgan fingerprint density at radius 1 is 1.11 bits per heavy atom. The van der Waals surface area contributed by atoms with Gasteiger partial charge in [0.25, 0.3) is 0 Å². The van der Waals surface area contributed by atoms with Crippen LogP contribution in [0.2, 0.25) is 0 Å². The molecule has 0 aliphatic carbocycles. The minimum absolute atomic E-state index is 0.157. The first-order chi connectivity index (χ1) is 12.8. The van der Waals surface area contributed by atoms with E-state index in [0.29, 0.717) is 37.7 Å². The van der Waals surface area contributed by atoms with Crippen molar-refractivity contribution in [3.05, 3.63) is 41.3 Å². The van der Waals surface area contributed by atoms with Crippen molar-refractivity contribution in [2.24, 2.45) is 0 Å². The fourth-order valence-electron chi connectivity index (χ4n) is 3.15. The van der Waals surface area contributed by atoms with E-state index in [-0.39, 0.29) is 4.90 Å². The number of hydrogen-bond donors (Lipinski definition) is 1. The standard InChI is InChI=1S/C18H24FN5O2S/c1-4-20-18-21-14(3)12-17(22-18)23-7-9-24(10-8-23)27(25,26)16-6-5-15(19)11-13(16)2/h5-6,11-12H,4,7-10H2,1-3H3,(H,20,21,22). The molecule has 0 saturated carbocycles. The average molecular weight is 393 g/mol. The summed E-state index contributed by atoms with van der Waals surface area (Å²) in [5.41, 5.74) is 1.27. The number of benzene rings is 1. The maximum absolute atomic E-state index is 13.3. The summed E-state index contributed by atoms with van der Waals surface area (Å²) in [7, 11) is -3.65. The van der Waals surface area contributed by atoms with E-state index in [1.165, 1.54) is 22.5 Å². The topological polar surface area (TPSA) is 78.4 Å². The Kier molecular flexibility index (Phi) is 5.61. The Bertz CT molecular complexity index is 927. The lowest BCUT2D eigenvalue weighted by molar-refractivity contribution is 0.383. The van der Waals surface area contributed by atoms with E-state index in [1.807, 2.05) is 19.9 Å². The van der Waals surface area contributed by atoms with Crippen LogP contribution >= 0.6 is 0 Å². The number of halogens is 1. The number of aromatic nitrogens is 2. The van der Waals surface area contributed by atoms with Crippen molar-refractivity contribution < 1.29 is 12.8 Å². The number of rotatable bonds is 5. The summed E-state index contributed by atoms with van der Waals surface area (Å²) < 4.78 is 40.6. The summed E-state index contributed by atoms with van der Waals surface area (Å²) in [5.74, 6) is 0.921. The molecule has 1 aromatic heterocycles. The summed E-state index contributed by atoms with van der Waals surface area (Å²) in [6.45, 7) is 7.97. The normalized spacial score (nSPS) is 15.8. The highest BCUT2D eigenvalue weighted by Gasteiger charge is 2.30. The first-order valence-electron chi connectivity index (χ1n) is 8.92. The molecule has 2 aromatic rings. The molecule has 1 aliphatic rings. The highest BCUT2D eigenvalue weighted by atomic mass is 32.2. The van der Waals surface area contributed by atoms with Crippen molar-refractivity contribution in [2.45, 2.75) is 25.7 Å². The van der Waals surface area contributed by atoms with Crippen LogP contribution in [0.5, 0.6) is 0 Å². The van der Waals surface area contributed by atoms with Crippen LogP contribution in [0.15, 0.2) is 29.2 Å². The predicted octanol–water partition coefficient (Wildman–Crippen LogP) is 2.18. The van der Waals surface area contributed by atoms with E-state index in [0.717, 1.165) is 18.1 Å². The van der Waals surface area contributed by atoms with Crippen molar-refractivity contribution in [1.29, 1.82) is 0 Å². The molecule has 0 atom stereocenters. The van der Waals surface area contributed by atoms with Crippen molar-refractivity contribution in [1.82, 2.24) is 14.3 Å². The van der Waals surface area contributed by atoms with Crippen LogP contribution in [0, 0.1) is 19.7 Å². The van der Waals surface area contributed by atoms with Crippen LogP contribution in [-0.2, 0) is 10.0 Å². The molecule has 1 N–H and O–H groups in total. The van der Waals surface area contributed by atoms with Gasteiger partial charge in [-0.3, -0.25) is 0 Å². The van der Waals surface area contributed by atoms with Crippen LogP contribution in [0.4, 0.5) is 16.2 Å². The molecule has 0 bridgehead atoms. The van der Waals surface area contributed by atoms with Crippen molar-refractivity contribution in [2.75, 3.05) is 42.9 Å². The monoisotopic (exact) mass is 393 g/mol. The number of hydrogen-bond acceptors (Lipinski definition) is 6. The molecule has 7 nitrogen and oxygen atoms in total. The zero-order valence-corrected chi connectivity index (χ0v) is 16.6. The van der Waals surface area contributed by atoms with Gasteiger partial charge in [0.15, 0.2) is 0 Å². The lowest BCUT2D eigenvalue weighted by Gasteiger charge is -2.35. The number of anilines is 2. The first kappa shape index (κ1) is 19.5. The Morgan fingerprint density at radius 3 is 2.44 bits per heavy atom. The molecule has 27 heavy (non-hydrogen) atoms. The summed E-state index contributed by atoms with van der Waals surface area (Å²) in [4.78, 5) is 11.1. The van der Waals surface area contributed by atoms with Gasteiger partial charge >= 0.3 is 0 Å². The predicted molar refractivity (Wildman–Crippen MR) is 103 cm³/mol. The Labute approximate surface area is 159 Å². The van der Waals surface area contributed by atoms with E-state index < -0.39 is 15.8 Å². The van der Waals surface area contributed by atoms with Gasteiger partial charge in [0, 0.05) is 44.5 Å². The van der Waals surface area contributed by atoms with Crippen LogP contribution in [0.1, 0.15) is 18.2 Å². The van der Waals surface area contributed by atoms with Crippen molar-refractivity contribution >= 4 is 21.8 Å². The second-order valence-electron chi connectivity index (χ2n) is 6.52. The molecule has 0 radical (unpaired) electrons. The van der Waals surface area contributed by atoms with Crippen molar-refractivity contribution in [3.63, 3.8) is 0 Å². The minimum atomic E-state index is -3.65. The van der Waals surface area contributed by atoms with Crippen molar-refractivity contribution in [3.8, 4) is 0 Å².